The van der Waals surface area contributed by atoms with Crippen molar-refractivity contribution in [3.05, 3.63) is 17.5 Å². The number of hydrogen-bond acceptors (Lipinski definition) is 5. The Labute approximate surface area is 143 Å². The fourth-order valence-electron chi connectivity index (χ4n) is 4.97. The highest BCUT2D eigenvalue weighted by Crippen LogP contribution is 2.52. The van der Waals surface area contributed by atoms with E-state index in [2.05, 4.69) is 36.1 Å². The molecule has 2 fully saturated rings. The lowest BCUT2D eigenvalue weighted by Gasteiger charge is -2.58. The van der Waals surface area contributed by atoms with Crippen LogP contribution in [0.5, 0.6) is 0 Å². The SMILES string of the molecule is CCN1CC2(C[C@@H](O)[C@H](NC(=O)Cc3cc(C)on3)C2)C1C(C)C. The van der Waals surface area contributed by atoms with Gasteiger partial charge in [0, 0.05) is 24.1 Å². The average molecular weight is 335 g/mol. The van der Waals surface area contributed by atoms with E-state index in [1.54, 1.807) is 13.0 Å². The number of carbonyl (C=O) groups is 1. The van der Waals surface area contributed by atoms with E-state index in [0.29, 0.717) is 23.4 Å². The summed E-state index contributed by atoms with van der Waals surface area (Å²) in [6.07, 6.45) is 1.37. The van der Waals surface area contributed by atoms with Crippen LogP contribution in [0.3, 0.4) is 0 Å². The first kappa shape index (κ1) is 17.4. The van der Waals surface area contributed by atoms with Gasteiger partial charge in [-0.1, -0.05) is 25.9 Å². The lowest BCUT2D eigenvalue weighted by molar-refractivity contribution is -0.122. The minimum Gasteiger partial charge on any atom is -0.391 e. The number of aliphatic hydroxyl groups is 1. The van der Waals surface area contributed by atoms with Crippen LogP contribution >= 0.6 is 0 Å². The lowest BCUT2D eigenvalue weighted by atomic mass is 9.65. The first-order chi connectivity index (χ1) is 11.3. The van der Waals surface area contributed by atoms with Crippen molar-refractivity contribution in [2.24, 2.45) is 11.3 Å². The number of aryl methyl sites for hydroxylation is 1. The molecule has 24 heavy (non-hydrogen) atoms. The van der Waals surface area contributed by atoms with Crippen LogP contribution in [-0.4, -0.2) is 52.3 Å². The third-order valence-electron chi connectivity index (χ3n) is 5.65. The maximum absolute atomic E-state index is 12.3. The minimum absolute atomic E-state index is 0.0998. The van der Waals surface area contributed by atoms with Gasteiger partial charge in [-0.05, 0) is 32.2 Å². The number of aliphatic hydroxyl groups excluding tert-OH is 1. The maximum Gasteiger partial charge on any atom is 0.226 e. The van der Waals surface area contributed by atoms with Crippen molar-refractivity contribution < 1.29 is 14.4 Å². The number of nitrogens with zero attached hydrogens (tertiary/aromatic N) is 2. The van der Waals surface area contributed by atoms with Gasteiger partial charge in [0.2, 0.25) is 5.91 Å². The van der Waals surface area contributed by atoms with Crippen LogP contribution in [0, 0.1) is 18.3 Å². The number of carbonyl (C=O) groups excluding carboxylic acids is 1. The fourth-order valence-corrected chi connectivity index (χ4v) is 4.97. The molecule has 1 aromatic heterocycles. The molecule has 1 spiro atoms. The Balaban J connectivity index is 1.61. The molecule has 2 unspecified atom stereocenters. The summed E-state index contributed by atoms with van der Waals surface area (Å²) in [5.74, 6) is 1.15. The van der Waals surface area contributed by atoms with Crippen molar-refractivity contribution >= 4 is 5.91 Å². The molecule has 1 saturated heterocycles. The minimum atomic E-state index is -0.465. The van der Waals surface area contributed by atoms with E-state index in [9.17, 15) is 9.90 Å². The number of rotatable bonds is 5. The zero-order valence-corrected chi connectivity index (χ0v) is 15.1. The Bertz CT molecular complexity index is 600. The van der Waals surface area contributed by atoms with E-state index in [0.717, 1.165) is 25.9 Å². The molecule has 4 atom stereocenters. The standard InChI is InChI=1S/C18H29N3O3/c1-5-21-10-18(17(21)11(2)3)8-14(15(22)9-18)19-16(23)7-13-6-12(4)24-20-13/h6,11,14-15,17,22H,5,7-10H2,1-4H3,(H,19,23)/t14-,15-,17?,18?/m1/s1. The Kier molecular flexibility index (Phi) is 4.71. The summed E-state index contributed by atoms with van der Waals surface area (Å²) in [5.41, 5.74) is 0.777. The third-order valence-corrected chi connectivity index (χ3v) is 5.65. The van der Waals surface area contributed by atoms with Crippen molar-refractivity contribution in [3.63, 3.8) is 0 Å². The van der Waals surface area contributed by atoms with Gasteiger partial charge in [0.1, 0.15) is 5.76 Å². The summed E-state index contributed by atoms with van der Waals surface area (Å²) >= 11 is 0. The second-order valence-corrected chi connectivity index (χ2v) is 7.87. The smallest absolute Gasteiger partial charge is 0.226 e. The highest BCUT2D eigenvalue weighted by molar-refractivity contribution is 5.78. The average Bonchev–Trinajstić information content (AvgIpc) is 3.01. The highest BCUT2D eigenvalue weighted by atomic mass is 16.5. The van der Waals surface area contributed by atoms with E-state index in [4.69, 9.17) is 4.52 Å². The molecule has 0 radical (unpaired) electrons. The van der Waals surface area contributed by atoms with Gasteiger partial charge in [-0.2, -0.15) is 0 Å². The van der Waals surface area contributed by atoms with Crippen LogP contribution in [-0.2, 0) is 11.2 Å². The first-order valence-electron chi connectivity index (χ1n) is 8.98. The van der Waals surface area contributed by atoms with E-state index < -0.39 is 6.10 Å². The third kappa shape index (κ3) is 3.09. The Morgan fingerprint density at radius 2 is 2.29 bits per heavy atom. The molecule has 1 saturated carbocycles. The van der Waals surface area contributed by atoms with Crippen LogP contribution < -0.4 is 5.32 Å². The molecular weight excluding hydrogens is 306 g/mol. The number of aromatic nitrogens is 1. The lowest BCUT2D eigenvalue weighted by Crippen LogP contribution is -2.65. The zero-order valence-electron chi connectivity index (χ0n) is 15.1. The maximum atomic E-state index is 12.3. The molecule has 6 nitrogen and oxygen atoms in total. The largest absolute Gasteiger partial charge is 0.391 e. The molecular formula is C18H29N3O3. The molecule has 1 aromatic rings. The van der Waals surface area contributed by atoms with Gasteiger partial charge < -0.3 is 14.9 Å². The molecule has 1 aliphatic heterocycles. The van der Waals surface area contributed by atoms with Gasteiger partial charge in [-0.3, -0.25) is 9.69 Å². The Morgan fingerprint density at radius 1 is 1.54 bits per heavy atom. The zero-order chi connectivity index (χ0) is 17.5. The summed E-state index contributed by atoms with van der Waals surface area (Å²) in [4.78, 5) is 14.7. The summed E-state index contributed by atoms with van der Waals surface area (Å²) in [6, 6.07) is 2.11. The summed E-state index contributed by atoms with van der Waals surface area (Å²) in [5, 5.41) is 17.4. The molecule has 2 aliphatic rings. The number of nitrogens with one attached hydrogen (secondary N) is 1. The van der Waals surface area contributed by atoms with Crippen LogP contribution in [0.2, 0.25) is 0 Å². The van der Waals surface area contributed by atoms with Gasteiger partial charge in [0.15, 0.2) is 0 Å². The topological polar surface area (TPSA) is 78.6 Å². The van der Waals surface area contributed by atoms with Crippen LogP contribution in [0.25, 0.3) is 0 Å². The molecule has 134 valence electrons. The van der Waals surface area contributed by atoms with Gasteiger partial charge in [-0.25, -0.2) is 0 Å². The van der Waals surface area contributed by atoms with Gasteiger partial charge in [0.05, 0.1) is 24.3 Å². The van der Waals surface area contributed by atoms with Gasteiger partial charge in [-0.15, -0.1) is 0 Å². The van der Waals surface area contributed by atoms with Crippen molar-refractivity contribution in [3.8, 4) is 0 Å². The second kappa shape index (κ2) is 6.48. The van der Waals surface area contributed by atoms with Crippen molar-refractivity contribution in [2.75, 3.05) is 13.1 Å². The Morgan fingerprint density at radius 3 is 2.88 bits per heavy atom. The van der Waals surface area contributed by atoms with Gasteiger partial charge in [0.25, 0.3) is 0 Å². The molecule has 3 rings (SSSR count). The highest BCUT2D eigenvalue weighted by Gasteiger charge is 2.58. The normalized spacial score (nSPS) is 33.2. The predicted octanol–water partition coefficient (Wildman–Crippen LogP) is 1.51. The summed E-state index contributed by atoms with van der Waals surface area (Å²) in [7, 11) is 0. The van der Waals surface area contributed by atoms with E-state index >= 15 is 0 Å². The van der Waals surface area contributed by atoms with E-state index in [1.165, 1.54) is 0 Å². The van der Waals surface area contributed by atoms with Gasteiger partial charge >= 0.3 is 0 Å². The number of likely N-dealkylation sites (tertiary alicyclic amines) is 1. The van der Waals surface area contributed by atoms with Crippen LogP contribution in [0.15, 0.2) is 10.6 Å². The van der Waals surface area contributed by atoms with Crippen molar-refractivity contribution in [2.45, 2.75) is 65.1 Å². The summed E-state index contributed by atoms with van der Waals surface area (Å²) < 4.78 is 5.00. The van der Waals surface area contributed by atoms with E-state index in [-0.39, 0.29) is 23.8 Å². The fraction of sp³-hybridized carbons (Fsp3) is 0.778. The van der Waals surface area contributed by atoms with Crippen LogP contribution in [0.1, 0.15) is 45.1 Å². The van der Waals surface area contributed by atoms with E-state index in [1.807, 2.05) is 0 Å². The molecule has 2 heterocycles. The number of amides is 1. The number of hydrogen-bond donors (Lipinski definition) is 2. The monoisotopic (exact) mass is 335 g/mol. The molecule has 6 heteroatoms. The molecule has 1 amide bonds. The Hall–Kier alpha value is -1.40. The summed E-state index contributed by atoms with van der Waals surface area (Å²) in [6.45, 7) is 10.6. The van der Waals surface area contributed by atoms with Crippen LogP contribution in [0.4, 0.5) is 0 Å². The molecule has 0 aromatic carbocycles. The van der Waals surface area contributed by atoms with Crippen molar-refractivity contribution in [1.82, 2.24) is 15.4 Å². The molecule has 1 aliphatic carbocycles. The second-order valence-electron chi connectivity index (χ2n) is 7.87. The quantitative estimate of drug-likeness (QED) is 0.853. The first-order valence-corrected chi connectivity index (χ1v) is 8.98. The van der Waals surface area contributed by atoms with Crippen molar-refractivity contribution in [1.29, 1.82) is 0 Å². The predicted molar refractivity (Wildman–Crippen MR) is 90.4 cm³/mol. The molecule has 2 N–H and O–H groups in total. The molecule has 0 bridgehead atoms.